The highest BCUT2D eigenvalue weighted by atomic mass is 35.5. The predicted octanol–water partition coefficient (Wildman–Crippen LogP) is 3.83. The van der Waals surface area contributed by atoms with Gasteiger partial charge in [0.15, 0.2) is 0 Å². The van der Waals surface area contributed by atoms with Crippen LogP contribution in [0.1, 0.15) is 31.2 Å². The Morgan fingerprint density at radius 3 is 2.32 bits per heavy atom. The lowest BCUT2D eigenvalue weighted by Gasteiger charge is -2.37. The van der Waals surface area contributed by atoms with Crippen molar-refractivity contribution in [3.63, 3.8) is 0 Å². The molecule has 1 aliphatic rings. The van der Waals surface area contributed by atoms with E-state index in [1.807, 2.05) is 30.3 Å². The van der Waals surface area contributed by atoms with Crippen LogP contribution < -0.4 is 0 Å². The van der Waals surface area contributed by atoms with Gasteiger partial charge < -0.3 is 5.11 Å². The average molecular weight is 380 g/mol. The molecule has 1 aliphatic carbocycles. The molecule has 6 heteroatoms. The number of aliphatic hydroxyl groups excluding tert-OH is 1. The van der Waals surface area contributed by atoms with Crippen molar-refractivity contribution < 1.29 is 13.5 Å². The van der Waals surface area contributed by atoms with Gasteiger partial charge in [-0.05, 0) is 30.5 Å². The number of rotatable bonds is 5. The topological polar surface area (TPSA) is 57.6 Å². The van der Waals surface area contributed by atoms with Gasteiger partial charge in [-0.3, -0.25) is 0 Å². The first-order valence-electron chi connectivity index (χ1n) is 8.48. The van der Waals surface area contributed by atoms with Crippen LogP contribution in [-0.4, -0.2) is 30.0 Å². The Bertz CT molecular complexity index is 810. The van der Waals surface area contributed by atoms with Crippen LogP contribution >= 0.6 is 11.6 Å². The van der Waals surface area contributed by atoms with Gasteiger partial charge in [-0.1, -0.05) is 66.9 Å². The maximum Gasteiger partial charge on any atom is 0.245 e. The van der Waals surface area contributed by atoms with Gasteiger partial charge in [-0.25, -0.2) is 8.42 Å². The number of halogens is 1. The molecule has 1 N–H and O–H groups in total. The molecule has 0 bridgehead atoms. The van der Waals surface area contributed by atoms with E-state index in [0.717, 1.165) is 18.4 Å². The van der Waals surface area contributed by atoms with Crippen LogP contribution in [0.3, 0.4) is 0 Å². The highest BCUT2D eigenvalue weighted by Gasteiger charge is 2.37. The van der Waals surface area contributed by atoms with Gasteiger partial charge in [0.1, 0.15) is 4.90 Å². The maximum absolute atomic E-state index is 13.3. The molecule has 2 atom stereocenters. The van der Waals surface area contributed by atoms with E-state index in [0.29, 0.717) is 12.8 Å². The van der Waals surface area contributed by atoms with Crippen molar-refractivity contribution in [3.8, 4) is 0 Å². The van der Waals surface area contributed by atoms with E-state index < -0.39 is 22.2 Å². The minimum Gasteiger partial charge on any atom is -0.391 e. The molecule has 0 aliphatic heterocycles. The average Bonchev–Trinajstić information content (AvgIpc) is 2.61. The number of nitrogens with zero attached hydrogens (tertiary/aromatic N) is 1. The van der Waals surface area contributed by atoms with Gasteiger partial charge in [-0.2, -0.15) is 4.31 Å². The third-order valence-electron chi connectivity index (χ3n) is 4.67. The second-order valence-electron chi connectivity index (χ2n) is 6.39. The number of benzene rings is 2. The Hall–Kier alpha value is -1.40. The summed E-state index contributed by atoms with van der Waals surface area (Å²) in [5.74, 6) is 0. The van der Waals surface area contributed by atoms with Gasteiger partial charge in [0, 0.05) is 6.54 Å². The smallest absolute Gasteiger partial charge is 0.245 e. The van der Waals surface area contributed by atoms with Crippen LogP contribution in [0.4, 0.5) is 0 Å². The summed E-state index contributed by atoms with van der Waals surface area (Å²) in [7, 11) is -3.82. The molecule has 4 nitrogen and oxygen atoms in total. The van der Waals surface area contributed by atoms with Gasteiger partial charge in [0.05, 0.1) is 17.2 Å². The zero-order valence-corrected chi connectivity index (χ0v) is 15.5. The monoisotopic (exact) mass is 379 g/mol. The third kappa shape index (κ3) is 4.06. The maximum atomic E-state index is 13.3. The van der Waals surface area contributed by atoms with Gasteiger partial charge in [0.25, 0.3) is 0 Å². The molecule has 0 heterocycles. The molecule has 134 valence electrons. The van der Waals surface area contributed by atoms with E-state index in [1.165, 1.54) is 10.4 Å². The van der Waals surface area contributed by atoms with E-state index in [4.69, 9.17) is 11.6 Å². The molecular weight excluding hydrogens is 358 g/mol. The molecule has 0 radical (unpaired) electrons. The van der Waals surface area contributed by atoms with E-state index in [9.17, 15) is 13.5 Å². The first-order valence-corrected chi connectivity index (χ1v) is 10.3. The second kappa shape index (κ2) is 7.87. The highest BCUT2D eigenvalue weighted by Crippen LogP contribution is 2.32. The van der Waals surface area contributed by atoms with Crippen LogP contribution in [0.2, 0.25) is 5.02 Å². The van der Waals surface area contributed by atoms with Crippen LogP contribution in [-0.2, 0) is 16.6 Å². The summed E-state index contributed by atoms with van der Waals surface area (Å²) in [5, 5.41) is 10.7. The Morgan fingerprint density at radius 1 is 1.00 bits per heavy atom. The zero-order chi connectivity index (χ0) is 17.9. The summed E-state index contributed by atoms with van der Waals surface area (Å²) in [5.41, 5.74) is 0.885. The Balaban J connectivity index is 2.02. The van der Waals surface area contributed by atoms with E-state index in [-0.39, 0.29) is 16.5 Å². The summed E-state index contributed by atoms with van der Waals surface area (Å²) < 4.78 is 28.1. The molecule has 0 amide bonds. The van der Waals surface area contributed by atoms with Crippen LogP contribution in [0, 0.1) is 0 Å². The van der Waals surface area contributed by atoms with E-state index >= 15 is 0 Å². The number of aliphatic hydroxyl groups is 1. The minimum atomic E-state index is -3.82. The molecule has 2 aromatic rings. The number of hydrogen-bond acceptors (Lipinski definition) is 3. The van der Waals surface area contributed by atoms with Crippen molar-refractivity contribution in [2.24, 2.45) is 0 Å². The lowest BCUT2D eigenvalue weighted by Crippen LogP contribution is -2.48. The lowest BCUT2D eigenvalue weighted by atomic mass is 9.92. The highest BCUT2D eigenvalue weighted by molar-refractivity contribution is 7.89. The van der Waals surface area contributed by atoms with Gasteiger partial charge in [0.2, 0.25) is 10.0 Å². The van der Waals surface area contributed by atoms with Crippen LogP contribution in [0.25, 0.3) is 0 Å². The quantitative estimate of drug-likeness (QED) is 0.858. The predicted molar refractivity (Wildman–Crippen MR) is 98.9 cm³/mol. The van der Waals surface area contributed by atoms with Gasteiger partial charge in [-0.15, -0.1) is 0 Å². The molecule has 25 heavy (non-hydrogen) atoms. The minimum absolute atomic E-state index is 0.0883. The molecule has 0 saturated heterocycles. The molecule has 2 aromatic carbocycles. The molecule has 0 aromatic heterocycles. The lowest BCUT2D eigenvalue weighted by molar-refractivity contribution is 0.0533. The zero-order valence-electron chi connectivity index (χ0n) is 13.9. The fourth-order valence-electron chi connectivity index (χ4n) is 3.35. The Morgan fingerprint density at radius 2 is 1.64 bits per heavy atom. The van der Waals surface area contributed by atoms with Crippen molar-refractivity contribution >= 4 is 21.6 Å². The molecule has 1 fully saturated rings. The summed E-state index contributed by atoms with van der Waals surface area (Å²) in [6, 6.07) is 15.5. The van der Waals surface area contributed by atoms with Crippen molar-refractivity contribution in [1.29, 1.82) is 0 Å². The molecule has 0 spiro atoms. The SMILES string of the molecule is O=S(=O)(c1ccccc1Cl)N(Cc1ccccc1)C1CCCCC1O. The molecule has 3 rings (SSSR count). The third-order valence-corrected chi connectivity index (χ3v) is 7.04. The van der Waals surface area contributed by atoms with Crippen LogP contribution in [0.15, 0.2) is 59.5 Å². The largest absolute Gasteiger partial charge is 0.391 e. The summed E-state index contributed by atoms with van der Waals surface area (Å²) in [4.78, 5) is 0.0883. The van der Waals surface area contributed by atoms with Crippen molar-refractivity contribution in [2.45, 2.75) is 49.3 Å². The number of sulfonamides is 1. The second-order valence-corrected chi connectivity index (χ2v) is 8.65. The van der Waals surface area contributed by atoms with E-state index in [1.54, 1.807) is 18.2 Å². The van der Waals surface area contributed by atoms with E-state index in [2.05, 4.69) is 0 Å². The Kier molecular flexibility index (Phi) is 5.79. The van der Waals surface area contributed by atoms with Crippen LogP contribution in [0.5, 0.6) is 0 Å². The first kappa shape index (κ1) is 18.4. The van der Waals surface area contributed by atoms with Crippen molar-refractivity contribution in [2.75, 3.05) is 0 Å². The van der Waals surface area contributed by atoms with Gasteiger partial charge >= 0.3 is 0 Å². The molecular formula is C19H22ClNO3S. The summed E-state index contributed by atoms with van der Waals surface area (Å²) in [6.07, 6.45) is 2.44. The standard InChI is InChI=1S/C19H22ClNO3S/c20-16-10-4-7-13-19(16)25(23,24)21(14-15-8-2-1-3-9-15)17-11-5-6-12-18(17)22/h1-4,7-10,13,17-18,22H,5-6,11-12,14H2. The number of hydrogen-bond donors (Lipinski definition) is 1. The van der Waals surface area contributed by atoms with Crippen molar-refractivity contribution in [1.82, 2.24) is 4.31 Å². The normalized spacial score (nSPS) is 21.4. The fraction of sp³-hybridized carbons (Fsp3) is 0.368. The first-order chi connectivity index (χ1) is 12.0. The molecule has 1 saturated carbocycles. The van der Waals surface area contributed by atoms with Crippen molar-refractivity contribution in [3.05, 3.63) is 65.2 Å². The fourth-order valence-corrected chi connectivity index (χ4v) is 5.52. The Labute approximate surface area is 154 Å². The summed E-state index contributed by atoms with van der Waals surface area (Å²) >= 11 is 6.16. The molecule has 2 unspecified atom stereocenters. The summed E-state index contributed by atoms with van der Waals surface area (Å²) in [6.45, 7) is 0.218.